The van der Waals surface area contributed by atoms with Crippen molar-refractivity contribution in [2.45, 2.75) is 20.4 Å². The Kier molecular flexibility index (Phi) is 7.64. The Morgan fingerprint density at radius 3 is 2.61 bits per heavy atom. The highest BCUT2D eigenvalue weighted by molar-refractivity contribution is 6.02. The standard InChI is InChI=1S/C23H26N4O4/c1-3-27(4-2)21-11-10-17(14-24-21)15-25-22(28)16-31-19-8-5-7-18(13-19)26-23(29)20-9-6-12-30-20/h5-14H,3-4,15-16H2,1-2H3,(H,25,28)(H,26,29). The van der Waals surface area contributed by atoms with Crippen molar-refractivity contribution in [3.63, 3.8) is 0 Å². The van der Waals surface area contributed by atoms with E-state index in [1.165, 1.54) is 6.26 Å². The largest absolute Gasteiger partial charge is 0.484 e. The SMILES string of the molecule is CCN(CC)c1ccc(CNC(=O)COc2cccc(NC(=O)c3ccco3)c2)cn1. The van der Waals surface area contributed by atoms with Gasteiger partial charge < -0.3 is 24.7 Å². The molecule has 0 saturated heterocycles. The zero-order chi connectivity index (χ0) is 22.1. The second-order valence-electron chi connectivity index (χ2n) is 6.72. The maximum absolute atomic E-state index is 12.1. The fourth-order valence-electron chi connectivity index (χ4n) is 2.92. The second kappa shape index (κ2) is 10.8. The van der Waals surface area contributed by atoms with Crippen LogP contribution in [0.2, 0.25) is 0 Å². The molecule has 0 radical (unpaired) electrons. The molecule has 0 unspecified atom stereocenters. The summed E-state index contributed by atoms with van der Waals surface area (Å²) in [5, 5.41) is 5.53. The zero-order valence-electron chi connectivity index (χ0n) is 17.6. The minimum atomic E-state index is -0.361. The number of rotatable bonds is 10. The van der Waals surface area contributed by atoms with Gasteiger partial charge in [-0.25, -0.2) is 4.98 Å². The number of aromatic nitrogens is 1. The van der Waals surface area contributed by atoms with Crippen LogP contribution >= 0.6 is 0 Å². The van der Waals surface area contributed by atoms with E-state index in [1.54, 1.807) is 42.6 Å². The minimum absolute atomic E-state index is 0.138. The Hall–Kier alpha value is -3.81. The molecule has 3 rings (SSSR count). The number of ether oxygens (including phenoxy) is 1. The van der Waals surface area contributed by atoms with Gasteiger partial charge in [-0.2, -0.15) is 0 Å². The zero-order valence-corrected chi connectivity index (χ0v) is 17.6. The monoisotopic (exact) mass is 422 g/mol. The van der Waals surface area contributed by atoms with Crippen molar-refractivity contribution >= 4 is 23.3 Å². The van der Waals surface area contributed by atoms with Gasteiger partial charge in [-0.15, -0.1) is 0 Å². The quantitative estimate of drug-likeness (QED) is 0.519. The van der Waals surface area contributed by atoms with Gasteiger partial charge in [0.2, 0.25) is 0 Å². The van der Waals surface area contributed by atoms with Gasteiger partial charge in [0.05, 0.1) is 6.26 Å². The van der Waals surface area contributed by atoms with Crippen molar-refractivity contribution in [1.82, 2.24) is 10.3 Å². The van der Waals surface area contributed by atoms with E-state index in [0.717, 1.165) is 24.5 Å². The maximum atomic E-state index is 12.1. The number of carbonyl (C=O) groups excluding carboxylic acids is 2. The highest BCUT2D eigenvalue weighted by Crippen LogP contribution is 2.18. The maximum Gasteiger partial charge on any atom is 0.291 e. The lowest BCUT2D eigenvalue weighted by Crippen LogP contribution is -2.28. The Balaban J connectivity index is 1.46. The molecule has 8 heteroatoms. The third kappa shape index (κ3) is 6.33. The number of hydrogen-bond acceptors (Lipinski definition) is 6. The smallest absolute Gasteiger partial charge is 0.291 e. The third-order valence-corrected chi connectivity index (χ3v) is 4.59. The first kappa shape index (κ1) is 21.9. The number of pyridine rings is 1. The Morgan fingerprint density at radius 1 is 1.10 bits per heavy atom. The highest BCUT2D eigenvalue weighted by atomic mass is 16.5. The molecule has 2 amide bonds. The predicted octanol–water partition coefficient (Wildman–Crippen LogP) is 3.47. The van der Waals surface area contributed by atoms with E-state index in [4.69, 9.17) is 9.15 Å². The molecule has 1 aromatic carbocycles. The van der Waals surface area contributed by atoms with Crippen molar-refractivity contribution < 1.29 is 18.7 Å². The molecule has 8 nitrogen and oxygen atoms in total. The van der Waals surface area contributed by atoms with Crippen LogP contribution in [0.5, 0.6) is 5.75 Å². The van der Waals surface area contributed by atoms with Gasteiger partial charge in [0.25, 0.3) is 11.8 Å². The van der Waals surface area contributed by atoms with Gasteiger partial charge in [0, 0.05) is 37.6 Å². The number of furan rings is 1. The first-order valence-electron chi connectivity index (χ1n) is 10.1. The minimum Gasteiger partial charge on any atom is -0.484 e. The average Bonchev–Trinajstić information content (AvgIpc) is 3.33. The summed E-state index contributed by atoms with van der Waals surface area (Å²) in [6.45, 7) is 6.19. The van der Waals surface area contributed by atoms with E-state index >= 15 is 0 Å². The van der Waals surface area contributed by atoms with E-state index in [2.05, 4.69) is 34.4 Å². The molecule has 0 bridgehead atoms. The fourth-order valence-corrected chi connectivity index (χ4v) is 2.92. The van der Waals surface area contributed by atoms with Gasteiger partial charge in [-0.05, 0) is 49.7 Å². The third-order valence-electron chi connectivity index (χ3n) is 4.59. The van der Waals surface area contributed by atoms with Gasteiger partial charge in [0.1, 0.15) is 11.6 Å². The predicted molar refractivity (Wildman–Crippen MR) is 118 cm³/mol. The molecule has 2 aromatic heterocycles. The summed E-state index contributed by atoms with van der Waals surface area (Å²) in [7, 11) is 0. The first-order chi connectivity index (χ1) is 15.1. The van der Waals surface area contributed by atoms with Gasteiger partial charge in [-0.3, -0.25) is 9.59 Å². The molecule has 0 saturated carbocycles. The number of hydrogen-bond donors (Lipinski definition) is 2. The van der Waals surface area contributed by atoms with E-state index < -0.39 is 0 Å². The molecule has 0 spiro atoms. The number of anilines is 2. The fraction of sp³-hybridized carbons (Fsp3) is 0.261. The van der Waals surface area contributed by atoms with Crippen molar-refractivity contribution in [3.05, 3.63) is 72.3 Å². The summed E-state index contributed by atoms with van der Waals surface area (Å²) >= 11 is 0. The second-order valence-corrected chi connectivity index (χ2v) is 6.72. The Labute approximate surface area is 181 Å². The lowest BCUT2D eigenvalue weighted by atomic mass is 10.2. The number of amides is 2. The van der Waals surface area contributed by atoms with Crippen LogP contribution in [-0.4, -0.2) is 36.5 Å². The molecule has 2 N–H and O–H groups in total. The van der Waals surface area contributed by atoms with E-state index in [1.807, 2.05) is 12.1 Å². The molecule has 31 heavy (non-hydrogen) atoms. The molecule has 162 valence electrons. The van der Waals surface area contributed by atoms with Crippen LogP contribution in [0, 0.1) is 0 Å². The summed E-state index contributed by atoms with van der Waals surface area (Å²) in [6, 6.07) is 13.9. The van der Waals surface area contributed by atoms with Crippen molar-refractivity contribution in [1.29, 1.82) is 0 Å². The summed E-state index contributed by atoms with van der Waals surface area (Å²) < 4.78 is 10.6. The van der Waals surface area contributed by atoms with Crippen LogP contribution in [0.3, 0.4) is 0 Å². The summed E-state index contributed by atoms with van der Waals surface area (Å²) in [5.41, 5.74) is 1.45. The van der Waals surface area contributed by atoms with Crippen molar-refractivity contribution in [2.75, 3.05) is 29.9 Å². The lowest BCUT2D eigenvalue weighted by molar-refractivity contribution is -0.123. The summed E-state index contributed by atoms with van der Waals surface area (Å²) in [4.78, 5) is 30.8. The first-order valence-corrected chi connectivity index (χ1v) is 10.1. The van der Waals surface area contributed by atoms with E-state index in [9.17, 15) is 9.59 Å². The van der Waals surface area contributed by atoms with Gasteiger partial charge in [-0.1, -0.05) is 12.1 Å². The molecule has 0 aliphatic rings. The number of nitrogens with one attached hydrogen (secondary N) is 2. The number of nitrogens with zero attached hydrogens (tertiary/aromatic N) is 2. The summed E-state index contributed by atoms with van der Waals surface area (Å²) in [6.07, 6.45) is 3.20. The normalized spacial score (nSPS) is 10.4. The van der Waals surface area contributed by atoms with Crippen LogP contribution < -0.4 is 20.3 Å². The molecule has 0 aliphatic carbocycles. The Morgan fingerprint density at radius 2 is 1.94 bits per heavy atom. The van der Waals surface area contributed by atoms with Crippen LogP contribution in [-0.2, 0) is 11.3 Å². The summed E-state index contributed by atoms with van der Waals surface area (Å²) in [5.74, 6) is 0.990. The molecular weight excluding hydrogens is 396 g/mol. The van der Waals surface area contributed by atoms with E-state index in [0.29, 0.717) is 18.0 Å². The molecule has 3 aromatic rings. The molecule has 0 atom stereocenters. The average molecular weight is 422 g/mol. The number of benzene rings is 1. The molecule has 0 aliphatic heterocycles. The topological polar surface area (TPSA) is 96.7 Å². The highest BCUT2D eigenvalue weighted by Gasteiger charge is 2.10. The van der Waals surface area contributed by atoms with E-state index in [-0.39, 0.29) is 24.2 Å². The van der Waals surface area contributed by atoms with Crippen LogP contribution in [0.25, 0.3) is 0 Å². The van der Waals surface area contributed by atoms with Crippen LogP contribution in [0.15, 0.2) is 65.4 Å². The van der Waals surface area contributed by atoms with Gasteiger partial charge in [0.15, 0.2) is 12.4 Å². The molecule has 0 fully saturated rings. The van der Waals surface area contributed by atoms with Gasteiger partial charge >= 0.3 is 0 Å². The lowest BCUT2D eigenvalue weighted by Gasteiger charge is -2.19. The van der Waals surface area contributed by atoms with Crippen LogP contribution in [0.4, 0.5) is 11.5 Å². The van der Waals surface area contributed by atoms with Crippen LogP contribution in [0.1, 0.15) is 30.0 Å². The van der Waals surface area contributed by atoms with Crippen molar-refractivity contribution in [3.8, 4) is 5.75 Å². The molecule has 2 heterocycles. The number of carbonyl (C=O) groups is 2. The van der Waals surface area contributed by atoms with Crippen molar-refractivity contribution in [2.24, 2.45) is 0 Å². The molecular formula is C23H26N4O4. The Bertz CT molecular complexity index is 983.